The molecule has 10 heavy (non-hydrogen) atoms. The van der Waals surface area contributed by atoms with Gasteiger partial charge in [-0.3, -0.25) is 4.55 Å². The van der Waals surface area contributed by atoms with E-state index in [0.717, 1.165) is 0 Å². The fourth-order valence-electron chi connectivity index (χ4n) is 0.254. The molecule has 0 aliphatic carbocycles. The van der Waals surface area contributed by atoms with E-state index in [1.165, 1.54) is 0 Å². The van der Waals surface area contributed by atoms with Crippen LogP contribution < -0.4 is 29.6 Å². The molecule has 0 bridgehead atoms. The van der Waals surface area contributed by atoms with E-state index in [4.69, 9.17) is 4.55 Å². The third kappa shape index (κ3) is 12.3. The van der Waals surface area contributed by atoms with Crippen LogP contribution in [0.15, 0.2) is 0 Å². The summed E-state index contributed by atoms with van der Waals surface area (Å²) in [6.45, 7) is 0. The zero-order valence-corrected chi connectivity index (χ0v) is 10.2. The molecule has 0 spiro atoms. The molecule has 3 nitrogen and oxygen atoms in total. The molecule has 0 fully saturated rings. The van der Waals surface area contributed by atoms with Gasteiger partial charge >= 0.3 is 29.6 Å². The zero-order valence-electron chi connectivity index (χ0n) is 6.56. The van der Waals surface area contributed by atoms with Crippen molar-refractivity contribution in [3.05, 3.63) is 0 Å². The topological polar surface area (TPSA) is 54.4 Å². The summed E-state index contributed by atoms with van der Waals surface area (Å²) in [7, 11) is -3.82. The SMILES string of the molecule is O=S(=O)(O)CCC(S)S.[H-].[Na+]. The largest absolute Gasteiger partial charge is 1.00 e. The second-order valence-corrected chi connectivity index (χ2v) is 4.78. The van der Waals surface area contributed by atoms with Crippen molar-refractivity contribution in [2.75, 3.05) is 5.75 Å². The van der Waals surface area contributed by atoms with Gasteiger partial charge in [-0.15, -0.1) is 0 Å². The Bertz CT molecular complexity index is 169. The Morgan fingerprint density at radius 2 is 1.90 bits per heavy atom. The first-order valence-electron chi connectivity index (χ1n) is 2.23. The summed E-state index contributed by atoms with van der Waals surface area (Å²) in [5, 5.41) is 0. The molecule has 7 heteroatoms. The van der Waals surface area contributed by atoms with Gasteiger partial charge in [0.1, 0.15) is 0 Å². The monoisotopic (exact) mass is 212 g/mol. The summed E-state index contributed by atoms with van der Waals surface area (Å²) < 4.78 is 27.9. The predicted octanol–water partition coefficient (Wildman–Crippen LogP) is -2.43. The van der Waals surface area contributed by atoms with Crippen LogP contribution >= 0.6 is 25.3 Å². The van der Waals surface area contributed by atoms with Crippen molar-refractivity contribution in [2.24, 2.45) is 0 Å². The van der Waals surface area contributed by atoms with Gasteiger partial charge in [-0.2, -0.15) is 33.7 Å². The van der Waals surface area contributed by atoms with Crippen molar-refractivity contribution in [2.45, 2.75) is 11.0 Å². The molecule has 0 saturated heterocycles. The van der Waals surface area contributed by atoms with Crippen molar-refractivity contribution < 1.29 is 44.0 Å². The summed E-state index contributed by atoms with van der Waals surface area (Å²) in [6, 6.07) is 0. The van der Waals surface area contributed by atoms with Crippen LogP contribution in [0, 0.1) is 0 Å². The first-order chi connectivity index (χ1) is 3.92. The minimum atomic E-state index is -3.82. The molecular weight excluding hydrogens is 203 g/mol. The van der Waals surface area contributed by atoms with Crippen molar-refractivity contribution in [3.8, 4) is 0 Å². The molecular formula is C3H9NaO3S3. The third-order valence-electron chi connectivity index (χ3n) is 0.634. The van der Waals surface area contributed by atoms with Crippen LogP contribution in [0.25, 0.3) is 0 Å². The standard InChI is InChI=1S/C3H8O3S3.Na.H/c4-9(5,6)2-1-3(7)8;;/h3,7-8H,1-2H2,(H,4,5,6);;/q;+1;-1. The average Bonchev–Trinajstić information content (AvgIpc) is 1.59. The van der Waals surface area contributed by atoms with Crippen LogP contribution in [0.5, 0.6) is 0 Å². The normalized spacial score (nSPS) is 11.2. The van der Waals surface area contributed by atoms with E-state index >= 15 is 0 Å². The Hall–Kier alpha value is 1.61. The summed E-state index contributed by atoms with van der Waals surface area (Å²) in [5.41, 5.74) is 0. The fraction of sp³-hybridized carbons (Fsp3) is 1.00. The molecule has 0 unspecified atom stereocenters. The van der Waals surface area contributed by atoms with Gasteiger partial charge in [0.2, 0.25) is 0 Å². The quantitative estimate of drug-likeness (QED) is 0.211. The number of hydrogen-bond donors (Lipinski definition) is 3. The molecule has 0 aromatic rings. The molecule has 0 saturated carbocycles. The molecule has 0 aromatic carbocycles. The summed E-state index contributed by atoms with van der Waals surface area (Å²) in [6.07, 6.45) is 0.255. The second-order valence-electron chi connectivity index (χ2n) is 1.56. The molecule has 0 aromatic heterocycles. The van der Waals surface area contributed by atoms with E-state index in [1.54, 1.807) is 0 Å². The first-order valence-corrected chi connectivity index (χ1v) is 4.87. The Kier molecular flexibility index (Phi) is 8.72. The van der Waals surface area contributed by atoms with E-state index in [9.17, 15) is 8.42 Å². The maximum Gasteiger partial charge on any atom is 1.00 e. The Morgan fingerprint density at radius 1 is 1.50 bits per heavy atom. The Labute approximate surface area is 95.3 Å². The van der Waals surface area contributed by atoms with Crippen molar-refractivity contribution in [3.63, 3.8) is 0 Å². The molecule has 0 radical (unpaired) electrons. The van der Waals surface area contributed by atoms with Gasteiger partial charge in [-0.05, 0) is 6.42 Å². The molecule has 0 amide bonds. The molecule has 0 aliphatic rings. The van der Waals surface area contributed by atoms with Crippen LogP contribution in [0.2, 0.25) is 0 Å². The van der Waals surface area contributed by atoms with Gasteiger partial charge in [0.25, 0.3) is 10.1 Å². The van der Waals surface area contributed by atoms with E-state index in [-0.39, 0.29) is 47.7 Å². The van der Waals surface area contributed by atoms with Gasteiger partial charge in [-0.1, -0.05) is 0 Å². The number of hydrogen-bond acceptors (Lipinski definition) is 4. The van der Waals surface area contributed by atoms with E-state index in [2.05, 4.69) is 25.3 Å². The Morgan fingerprint density at radius 3 is 2.00 bits per heavy atom. The number of rotatable bonds is 3. The minimum absolute atomic E-state index is 0. The molecule has 1 N–H and O–H groups in total. The molecule has 58 valence electrons. The summed E-state index contributed by atoms with van der Waals surface area (Å²) in [4.78, 5) is 0. The van der Waals surface area contributed by atoms with Crippen LogP contribution in [0.1, 0.15) is 7.85 Å². The van der Waals surface area contributed by atoms with Crippen LogP contribution in [-0.4, -0.2) is 23.3 Å². The minimum Gasteiger partial charge on any atom is -1.00 e. The Balaban J connectivity index is -0.000000320. The summed E-state index contributed by atoms with van der Waals surface area (Å²) in [5.74, 6) is -0.273. The van der Waals surface area contributed by atoms with Gasteiger partial charge in [0.15, 0.2) is 0 Å². The predicted molar refractivity (Wildman–Crippen MR) is 43.9 cm³/mol. The summed E-state index contributed by atoms with van der Waals surface area (Å²) >= 11 is 7.60. The van der Waals surface area contributed by atoms with Gasteiger partial charge in [0.05, 0.1) is 5.75 Å². The van der Waals surface area contributed by atoms with E-state index in [0.29, 0.717) is 0 Å². The van der Waals surface area contributed by atoms with Gasteiger partial charge in [-0.25, -0.2) is 0 Å². The third-order valence-corrected chi connectivity index (χ3v) is 1.90. The molecule has 0 rings (SSSR count). The van der Waals surface area contributed by atoms with Crippen molar-refractivity contribution >= 4 is 35.4 Å². The zero-order chi connectivity index (χ0) is 7.49. The number of thiol groups is 2. The second kappa shape index (κ2) is 6.16. The first kappa shape index (κ1) is 14.2. The van der Waals surface area contributed by atoms with Gasteiger partial charge < -0.3 is 1.43 Å². The van der Waals surface area contributed by atoms with Crippen LogP contribution in [0.4, 0.5) is 0 Å². The molecule has 0 aliphatic heterocycles. The van der Waals surface area contributed by atoms with Crippen LogP contribution in [-0.2, 0) is 10.1 Å². The van der Waals surface area contributed by atoms with Gasteiger partial charge in [0, 0.05) is 4.58 Å². The van der Waals surface area contributed by atoms with Crippen LogP contribution in [0.3, 0.4) is 0 Å². The van der Waals surface area contributed by atoms with Crippen molar-refractivity contribution in [1.82, 2.24) is 0 Å². The van der Waals surface area contributed by atoms with E-state index < -0.39 is 10.1 Å². The average molecular weight is 212 g/mol. The van der Waals surface area contributed by atoms with E-state index in [1.807, 2.05) is 0 Å². The fourth-order valence-corrected chi connectivity index (χ4v) is 1.40. The maximum absolute atomic E-state index is 10.0. The molecule has 0 heterocycles. The van der Waals surface area contributed by atoms with Crippen molar-refractivity contribution in [1.29, 1.82) is 0 Å². The molecule has 0 atom stereocenters. The smallest absolute Gasteiger partial charge is 1.00 e. The maximum atomic E-state index is 10.0.